The fourth-order valence-corrected chi connectivity index (χ4v) is 2.08. The van der Waals surface area contributed by atoms with Gasteiger partial charge < -0.3 is 4.74 Å². The molecule has 0 N–H and O–H groups in total. The first kappa shape index (κ1) is 10.3. The molecule has 3 nitrogen and oxygen atoms in total. The number of rotatable bonds is 2. The van der Waals surface area contributed by atoms with Crippen molar-refractivity contribution in [3.8, 4) is 0 Å². The zero-order valence-electron chi connectivity index (χ0n) is 9.17. The van der Waals surface area contributed by atoms with Gasteiger partial charge in [-0.3, -0.25) is 4.79 Å². The van der Waals surface area contributed by atoms with Gasteiger partial charge in [0, 0.05) is 13.5 Å². The molecule has 1 aromatic rings. The Labute approximate surface area is 89.5 Å². The van der Waals surface area contributed by atoms with Gasteiger partial charge in [0.1, 0.15) is 5.69 Å². The molecule has 1 aliphatic rings. The van der Waals surface area contributed by atoms with Crippen molar-refractivity contribution in [2.24, 2.45) is 0 Å². The zero-order valence-corrected chi connectivity index (χ0v) is 9.17. The summed E-state index contributed by atoms with van der Waals surface area (Å²) in [6.07, 6.45) is 2.57. The predicted molar refractivity (Wildman–Crippen MR) is 57.0 cm³/mol. The molecule has 0 aliphatic heterocycles. The van der Waals surface area contributed by atoms with Gasteiger partial charge in [0.2, 0.25) is 0 Å². The molecule has 1 aliphatic carbocycles. The van der Waals surface area contributed by atoms with Crippen LogP contribution in [0.15, 0.2) is 6.07 Å². The third kappa shape index (κ3) is 1.92. The Morgan fingerprint density at radius 1 is 1.47 bits per heavy atom. The molecule has 0 aromatic carbocycles. The number of methoxy groups -OCH3 is 1. The summed E-state index contributed by atoms with van der Waals surface area (Å²) >= 11 is 0. The van der Waals surface area contributed by atoms with Crippen LogP contribution in [-0.4, -0.2) is 17.9 Å². The quantitative estimate of drug-likeness (QED) is 0.741. The van der Waals surface area contributed by atoms with E-state index in [1.807, 2.05) is 13.0 Å². The minimum absolute atomic E-state index is 0.178. The third-order valence-electron chi connectivity index (χ3n) is 2.79. The Hall–Kier alpha value is -1.22. The van der Waals surface area contributed by atoms with E-state index in [4.69, 9.17) is 4.74 Å². The van der Waals surface area contributed by atoms with Gasteiger partial charge in [0.25, 0.3) is 0 Å². The fourth-order valence-electron chi connectivity index (χ4n) is 2.08. The molecular formula is C12H15NO2. The summed E-state index contributed by atoms with van der Waals surface area (Å²) in [4.78, 5) is 16.1. The number of aryl methyl sites for hydroxylation is 1. The molecule has 3 heteroatoms. The Balaban J connectivity index is 2.47. The van der Waals surface area contributed by atoms with Crippen LogP contribution < -0.4 is 0 Å². The lowest BCUT2D eigenvalue weighted by Crippen LogP contribution is -2.16. The summed E-state index contributed by atoms with van der Waals surface area (Å²) in [5, 5.41) is 0. The average molecular weight is 205 g/mol. The van der Waals surface area contributed by atoms with Crippen LogP contribution in [0.4, 0.5) is 0 Å². The predicted octanol–water partition coefficient (Wildman–Crippen LogP) is 2.06. The van der Waals surface area contributed by atoms with Crippen LogP contribution in [-0.2, 0) is 17.8 Å². The molecule has 80 valence electrons. The standard InChI is InChI=1S/C12H15NO2/c1-8-6-9(7-15-2)13-12-10(8)4-3-5-11(12)14/h6H,3-5,7H2,1-2H3. The van der Waals surface area contributed by atoms with Crippen LogP contribution in [0.2, 0.25) is 0 Å². The molecule has 15 heavy (non-hydrogen) atoms. The molecule has 0 atom stereocenters. The summed E-state index contributed by atoms with van der Waals surface area (Å²) in [5.41, 5.74) is 3.82. The number of carbonyl (C=O) groups excluding carboxylic acids is 1. The van der Waals surface area contributed by atoms with Crippen LogP contribution in [0.1, 0.15) is 40.2 Å². The molecule has 0 radical (unpaired) electrons. The van der Waals surface area contributed by atoms with Crippen molar-refractivity contribution in [3.05, 3.63) is 28.6 Å². The first-order chi connectivity index (χ1) is 7.22. The fraction of sp³-hybridized carbons (Fsp3) is 0.500. The van der Waals surface area contributed by atoms with Gasteiger partial charge in [-0.15, -0.1) is 0 Å². The molecule has 0 saturated carbocycles. The van der Waals surface area contributed by atoms with Crippen molar-refractivity contribution < 1.29 is 9.53 Å². The van der Waals surface area contributed by atoms with E-state index in [-0.39, 0.29) is 5.78 Å². The average Bonchev–Trinajstić information content (AvgIpc) is 2.20. The van der Waals surface area contributed by atoms with E-state index < -0.39 is 0 Å². The highest BCUT2D eigenvalue weighted by Crippen LogP contribution is 2.23. The van der Waals surface area contributed by atoms with E-state index in [9.17, 15) is 4.79 Å². The zero-order chi connectivity index (χ0) is 10.8. The molecular weight excluding hydrogens is 190 g/mol. The van der Waals surface area contributed by atoms with Crippen LogP contribution in [0.25, 0.3) is 0 Å². The van der Waals surface area contributed by atoms with E-state index in [0.717, 1.165) is 24.1 Å². The van der Waals surface area contributed by atoms with Gasteiger partial charge in [0.15, 0.2) is 5.78 Å². The number of hydrogen-bond donors (Lipinski definition) is 0. The molecule has 0 spiro atoms. The maximum Gasteiger partial charge on any atom is 0.181 e. The molecule has 0 saturated heterocycles. The second-order valence-electron chi connectivity index (χ2n) is 3.97. The Morgan fingerprint density at radius 3 is 3.00 bits per heavy atom. The number of ketones is 1. The van der Waals surface area contributed by atoms with Gasteiger partial charge in [0.05, 0.1) is 12.3 Å². The number of aromatic nitrogens is 1. The van der Waals surface area contributed by atoms with Crippen molar-refractivity contribution in [2.45, 2.75) is 32.8 Å². The highest BCUT2D eigenvalue weighted by Gasteiger charge is 2.20. The van der Waals surface area contributed by atoms with E-state index >= 15 is 0 Å². The van der Waals surface area contributed by atoms with E-state index in [1.165, 1.54) is 5.56 Å². The Morgan fingerprint density at radius 2 is 2.27 bits per heavy atom. The van der Waals surface area contributed by atoms with Crippen molar-refractivity contribution >= 4 is 5.78 Å². The van der Waals surface area contributed by atoms with Crippen molar-refractivity contribution in [2.75, 3.05) is 7.11 Å². The molecule has 1 heterocycles. The summed E-state index contributed by atoms with van der Waals surface area (Å²) in [5.74, 6) is 0.178. The minimum Gasteiger partial charge on any atom is -0.378 e. The number of nitrogens with zero attached hydrogens (tertiary/aromatic N) is 1. The van der Waals surface area contributed by atoms with Crippen LogP contribution in [0, 0.1) is 6.92 Å². The molecule has 2 rings (SSSR count). The second kappa shape index (κ2) is 4.11. The summed E-state index contributed by atoms with van der Waals surface area (Å²) in [7, 11) is 1.64. The SMILES string of the molecule is COCc1cc(C)c2c(n1)C(=O)CCC2. The molecule has 0 bridgehead atoms. The van der Waals surface area contributed by atoms with Gasteiger partial charge in [-0.25, -0.2) is 4.98 Å². The van der Waals surface area contributed by atoms with E-state index in [1.54, 1.807) is 7.11 Å². The lowest BCUT2D eigenvalue weighted by molar-refractivity contribution is 0.0965. The lowest BCUT2D eigenvalue weighted by Gasteiger charge is -2.17. The van der Waals surface area contributed by atoms with Crippen LogP contribution >= 0.6 is 0 Å². The smallest absolute Gasteiger partial charge is 0.181 e. The van der Waals surface area contributed by atoms with E-state index in [0.29, 0.717) is 18.7 Å². The van der Waals surface area contributed by atoms with Crippen molar-refractivity contribution in [3.63, 3.8) is 0 Å². The monoisotopic (exact) mass is 205 g/mol. The molecule has 1 aromatic heterocycles. The van der Waals surface area contributed by atoms with E-state index in [2.05, 4.69) is 4.98 Å². The van der Waals surface area contributed by atoms with Gasteiger partial charge in [-0.05, 0) is 37.0 Å². The van der Waals surface area contributed by atoms with Gasteiger partial charge in [-0.1, -0.05) is 0 Å². The third-order valence-corrected chi connectivity index (χ3v) is 2.79. The van der Waals surface area contributed by atoms with Gasteiger partial charge >= 0.3 is 0 Å². The minimum atomic E-state index is 0.178. The maximum absolute atomic E-state index is 11.7. The number of hydrogen-bond acceptors (Lipinski definition) is 3. The van der Waals surface area contributed by atoms with Gasteiger partial charge in [-0.2, -0.15) is 0 Å². The first-order valence-corrected chi connectivity index (χ1v) is 5.24. The number of pyridine rings is 1. The van der Waals surface area contributed by atoms with Crippen LogP contribution in [0.5, 0.6) is 0 Å². The summed E-state index contributed by atoms with van der Waals surface area (Å²) < 4.78 is 5.04. The number of fused-ring (bicyclic) bond motifs is 1. The van der Waals surface area contributed by atoms with Crippen molar-refractivity contribution in [1.29, 1.82) is 0 Å². The number of carbonyl (C=O) groups is 1. The highest BCUT2D eigenvalue weighted by molar-refractivity contribution is 5.96. The second-order valence-corrected chi connectivity index (χ2v) is 3.97. The Kier molecular flexibility index (Phi) is 2.82. The highest BCUT2D eigenvalue weighted by atomic mass is 16.5. The largest absolute Gasteiger partial charge is 0.378 e. The Bertz CT molecular complexity index is 399. The first-order valence-electron chi connectivity index (χ1n) is 5.24. The van der Waals surface area contributed by atoms with Crippen molar-refractivity contribution in [1.82, 2.24) is 4.98 Å². The maximum atomic E-state index is 11.7. The summed E-state index contributed by atoms with van der Waals surface area (Å²) in [6.45, 7) is 2.51. The summed E-state index contributed by atoms with van der Waals surface area (Å²) in [6, 6.07) is 2.01. The number of Topliss-reactive ketones (excluding diaryl/α,β-unsaturated/α-hetero) is 1. The molecule has 0 fully saturated rings. The lowest BCUT2D eigenvalue weighted by atomic mass is 9.91. The topological polar surface area (TPSA) is 39.2 Å². The molecule has 0 amide bonds. The van der Waals surface area contributed by atoms with Crippen LogP contribution in [0.3, 0.4) is 0 Å². The normalized spacial score (nSPS) is 15.2. The number of ether oxygens (including phenoxy) is 1. The molecule has 0 unspecified atom stereocenters.